The topological polar surface area (TPSA) is 75.6 Å². The number of hydrogen-bond acceptors (Lipinski definition) is 3. The van der Waals surface area contributed by atoms with Crippen molar-refractivity contribution in [2.24, 2.45) is 0 Å². The summed E-state index contributed by atoms with van der Waals surface area (Å²) in [5.41, 5.74) is 0.915. The van der Waals surface area contributed by atoms with E-state index in [9.17, 15) is 9.59 Å². The number of rotatable bonds is 6. The predicted molar refractivity (Wildman–Crippen MR) is 66.4 cm³/mol. The number of ether oxygens (including phenoxy) is 1. The normalized spacial score (nSPS) is 11.7. The van der Waals surface area contributed by atoms with Crippen LogP contribution in [0.25, 0.3) is 0 Å². The molecular formula is C13H17NO4. The van der Waals surface area contributed by atoms with Gasteiger partial charge in [-0.2, -0.15) is 0 Å². The van der Waals surface area contributed by atoms with Crippen molar-refractivity contribution in [1.29, 1.82) is 0 Å². The fraction of sp³-hybridized carbons (Fsp3) is 0.385. The highest BCUT2D eigenvalue weighted by molar-refractivity contribution is 5.80. The van der Waals surface area contributed by atoms with E-state index in [1.807, 2.05) is 31.2 Å². The molecule has 0 heterocycles. The van der Waals surface area contributed by atoms with E-state index >= 15 is 0 Å². The Kier molecular flexibility index (Phi) is 5.17. The maximum Gasteiger partial charge on any atom is 0.303 e. The SMILES string of the molecule is COc1cccc(C(C)NC(=O)CCC(=O)O)c1. The second-order valence-corrected chi connectivity index (χ2v) is 3.96. The second kappa shape index (κ2) is 6.64. The Morgan fingerprint density at radius 1 is 1.39 bits per heavy atom. The maximum absolute atomic E-state index is 11.5. The van der Waals surface area contributed by atoms with Gasteiger partial charge in [0.2, 0.25) is 5.91 Å². The van der Waals surface area contributed by atoms with Gasteiger partial charge < -0.3 is 15.2 Å². The van der Waals surface area contributed by atoms with Crippen LogP contribution in [0.4, 0.5) is 0 Å². The number of carbonyl (C=O) groups excluding carboxylic acids is 1. The number of methoxy groups -OCH3 is 1. The molecule has 1 atom stereocenters. The molecule has 0 saturated carbocycles. The van der Waals surface area contributed by atoms with Crippen LogP contribution in [0.15, 0.2) is 24.3 Å². The number of benzene rings is 1. The molecule has 0 fully saturated rings. The standard InChI is InChI=1S/C13H17NO4/c1-9(14-12(15)6-7-13(16)17)10-4-3-5-11(8-10)18-2/h3-5,8-9H,6-7H2,1-2H3,(H,14,15)(H,16,17). The van der Waals surface area contributed by atoms with Crippen molar-refractivity contribution in [1.82, 2.24) is 5.32 Å². The van der Waals surface area contributed by atoms with Gasteiger partial charge in [-0.25, -0.2) is 0 Å². The summed E-state index contributed by atoms with van der Waals surface area (Å²) in [6.45, 7) is 1.84. The van der Waals surface area contributed by atoms with Gasteiger partial charge in [0.05, 0.1) is 19.6 Å². The summed E-state index contributed by atoms with van der Waals surface area (Å²) < 4.78 is 5.10. The summed E-state index contributed by atoms with van der Waals surface area (Å²) in [7, 11) is 1.58. The lowest BCUT2D eigenvalue weighted by Gasteiger charge is -2.14. The Morgan fingerprint density at radius 3 is 2.72 bits per heavy atom. The Labute approximate surface area is 106 Å². The molecule has 0 radical (unpaired) electrons. The molecule has 0 bridgehead atoms. The summed E-state index contributed by atoms with van der Waals surface area (Å²) >= 11 is 0. The third kappa shape index (κ3) is 4.45. The molecule has 98 valence electrons. The van der Waals surface area contributed by atoms with Gasteiger partial charge >= 0.3 is 5.97 Å². The van der Waals surface area contributed by atoms with Gasteiger partial charge in [-0.3, -0.25) is 9.59 Å². The van der Waals surface area contributed by atoms with Crippen molar-refractivity contribution < 1.29 is 19.4 Å². The first-order chi connectivity index (χ1) is 8.52. The van der Waals surface area contributed by atoms with Crippen LogP contribution in [0.5, 0.6) is 5.75 Å². The van der Waals surface area contributed by atoms with E-state index < -0.39 is 5.97 Å². The van der Waals surface area contributed by atoms with E-state index in [1.54, 1.807) is 7.11 Å². The molecule has 2 N–H and O–H groups in total. The molecule has 1 amide bonds. The Hall–Kier alpha value is -2.04. The van der Waals surface area contributed by atoms with E-state index in [1.165, 1.54) is 0 Å². The van der Waals surface area contributed by atoms with Crippen LogP contribution >= 0.6 is 0 Å². The van der Waals surface area contributed by atoms with Crippen LogP contribution in [0.3, 0.4) is 0 Å². The van der Waals surface area contributed by atoms with Gasteiger partial charge in [0.25, 0.3) is 0 Å². The highest BCUT2D eigenvalue weighted by Gasteiger charge is 2.11. The zero-order valence-corrected chi connectivity index (χ0v) is 10.5. The number of carboxylic acids is 1. The number of hydrogen-bond donors (Lipinski definition) is 2. The summed E-state index contributed by atoms with van der Waals surface area (Å²) in [6.07, 6.45) is -0.166. The molecule has 0 aliphatic rings. The molecule has 0 aliphatic carbocycles. The van der Waals surface area contributed by atoms with Gasteiger partial charge in [0.1, 0.15) is 5.75 Å². The Balaban J connectivity index is 2.55. The molecule has 18 heavy (non-hydrogen) atoms. The average Bonchev–Trinajstić information content (AvgIpc) is 2.36. The number of carboxylic acid groups (broad SMARTS) is 1. The van der Waals surface area contributed by atoms with E-state index in [2.05, 4.69) is 5.32 Å². The fourth-order valence-corrected chi connectivity index (χ4v) is 1.53. The summed E-state index contributed by atoms with van der Waals surface area (Å²) in [5, 5.41) is 11.2. The predicted octanol–water partition coefficient (Wildman–Crippen LogP) is 1.74. The minimum atomic E-state index is -0.973. The first-order valence-electron chi connectivity index (χ1n) is 5.68. The van der Waals surface area contributed by atoms with Crippen molar-refractivity contribution >= 4 is 11.9 Å². The molecule has 1 aromatic carbocycles. The van der Waals surface area contributed by atoms with Crippen molar-refractivity contribution in [3.8, 4) is 5.75 Å². The summed E-state index contributed by atoms with van der Waals surface area (Å²) in [4.78, 5) is 21.8. The molecular weight excluding hydrogens is 234 g/mol. The van der Waals surface area contributed by atoms with Crippen LogP contribution in [0.2, 0.25) is 0 Å². The molecule has 1 rings (SSSR count). The molecule has 5 nitrogen and oxygen atoms in total. The van der Waals surface area contributed by atoms with Crippen LogP contribution < -0.4 is 10.1 Å². The zero-order valence-electron chi connectivity index (χ0n) is 10.5. The van der Waals surface area contributed by atoms with Gasteiger partial charge in [0.15, 0.2) is 0 Å². The third-order valence-corrected chi connectivity index (χ3v) is 2.54. The van der Waals surface area contributed by atoms with Gasteiger partial charge in [-0.1, -0.05) is 12.1 Å². The molecule has 0 aliphatic heterocycles. The largest absolute Gasteiger partial charge is 0.497 e. The Bertz CT molecular complexity index is 431. The number of amides is 1. The van der Waals surface area contributed by atoms with Crippen molar-refractivity contribution in [2.75, 3.05) is 7.11 Å². The lowest BCUT2D eigenvalue weighted by atomic mass is 10.1. The Morgan fingerprint density at radius 2 is 2.11 bits per heavy atom. The first-order valence-corrected chi connectivity index (χ1v) is 5.68. The second-order valence-electron chi connectivity index (χ2n) is 3.96. The molecule has 0 saturated heterocycles. The lowest BCUT2D eigenvalue weighted by molar-refractivity contribution is -0.138. The highest BCUT2D eigenvalue weighted by atomic mass is 16.5. The third-order valence-electron chi connectivity index (χ3n) is 2.54. The minimum absolute atomic E-state index is 0.0103. The van der Waals surface area contributed by atoms with E-state index in [0.29, 0.717) is 0 Å². The van der Waals surface area contributed by atoms with Crippen molar-refractivity contribution in [3.05, 3.63) is 29.8 Å². The zero-order chi connectivity index (χ0) is 13.5. The van der Waals surface area contributed by atoms with Gasteiger partial charge in [0, 0.05) is 6.42 Å². The van der Waals surface area contributed by atoms with Gasteiger partial charge in [-0.05, 0) is 24.6 Å². The molecule has 1 aromatic rings. The van der Waals surface area contributed by atoms with E-state index in [4.69, 9.17) is 9.84 Å². The van der Waals surface area contributed by atoms with Gasteiger partial charge in [-0.15, -0.1) is 0 Å². The van der Waals surface area contributed by atoms with Crippen LogP contribution in [-0.4, -0.2) is 24.1 Å². The van der Waals surface area contributed by atoms with Crippen molar-refractivity contribution in [3.63, 3.8) is 0 Å². The number of nitrogens with one attached hydrogen (secondary N) is 1. The summed E-state index contributed by atoms with van der Waals surface area (Å²) in [5.74, 6) is -0.522. The molecule has 1 unspecified atom stereocenters. The first kappa shape index (κ1) is 14.0. The molecule has 0 aromatic heterocycles. The van der Waals surface area contributed by atoms with Crippen LogP contribution in [-0.2, 0) is 9.59 Å². The monoisotopic (exact) mass is 251 g/mol. The average molecular weight is 251 g/mol. The maximum atomic E-state index is 11.5. The van der Waals surface area contributed by atoms with E-state index in [-0.39, 0.29) is 24.8 Å². The quantitative estimate of drug-likeness (QED) is 0.807. The van der Waals surface area contributed by atoms with E-state index in [0.717, 1.165) is 11.3 Å². The molecule has 5 heteroatoms. The molecule has 0 spiro atoms. The van der Waals surface area contributed by atoms with Crippen LogP contribution in [0.1, 0.15) is 31.4 Å². The number of carbonyl (C=O) groups is 2. The minimum Gasteiger partial charge on any atom is -0.497 e. The highest BCUT2D eigenvalue weighted by Crippen LogP contribution is 2.18. The van der Waals surface area contributed by atoms with Crippen LogP contribution in [0, 0.1) is 0 Å². The number of aliphatic carboxylic acids is 1. The summed E-state index contributed by atoms with van der Waals surface area (Å²) in [6, 6.07) is 7.20. The van der Waals surface area contributed by atoms with Crippen molar-refractivity contribution in [2.45, 2.75) is 25.8 Å². The lowest BCUT2D eigenvalue weighted by Crippen LogP contribution is -2.26. The fourth-order valence-electron chi connectivity index (χ4n) is 1.53. The smallest absolute Gasteiger partial charge is 0.303 e.